The summed E-state index contributed by atoms with van der Waals surface area (Å²) in [5, 5.41) is 20.5. The third kappa shape index (κ3) is 7.22. The van der Waals surface area contributed by atoms with Crippen LogP contribution in [0.3, 0.4) is 0 Å². The highest BCUT2D eigenvalue weighted by Gasteiger charge is 2.31. The molecule has 0 radical (unpaired) electrons. The Hall–Kier alpha value is -3.15. The van der Waals surface area contributed by atoms with E-state index in [1.165, 1.54) is 17.0 Å². The van der Waals surface area contributed by atoms with E-state index in [-0.39, 0.29) is 43.1 Å². The smallest absolute Gasteiger partial charge is 0.406 e. The van der Waals surface area contributed by atoms with E-state index in [4.69, 9.17) is 21.2 Å². The predicted molar refractivity (Wildman–Crippen MR) is 108 cm³/mol. The molecule has 3 rings (SSSR count). The van der Waals surface area contributed by atoms with Gasteiger partial charge in [-0.25, -0.2) is 0 Å². The topological polar surface area (TPSA) is 109 Å². The van der Waals surface area contributed by atoms with Gasteiger partial charge in [0.05, 0.1) is 6.61 Å². The number of aromatic nitrogens is 2. The van der Waals surface area contributed by atoms with Crippen molar-refractivity contribution in [1.82, 2.24) is 15.0 Å². The van der Waals surface area contributed by atoms with Gasteiger partial charge in [-0.05, 0) is 48.5 Å². The van der Waals surface area contributed by atoms with E-state index in [0.717, 1.165) is 19.2 Å². The summed E-state index contributed by atoms with van der Waals surface area (Å²) in [7, 11) is 1.00. The Bertz CT molecular complexity index is 995. The molecule has 0 aliphatic heterocycles. The maximum atomic E-state index is 12.7. The Labute approximate surface area is 185 Å². The average molecular weight is 474 g/mol. The van der Waals surface area contributed by atoms with Crippen LogP contribution in [0.1, 0.15) is 16.2 Å². The number of aliphatic hydroxyl groups is 2. The van der Waals surface area contributed by atoms with Crippen molar-refractivity contribution in [2.24, 2.45) is 0 Å². The first-order chi connectivity index (χ1) is 15.2. The van der Waals surface area contributed by atoms with E-state index in [0.29, 0.717) is 16.1 Å². The second-order valence-electron chi connectivity index (χ2n) is 6.04. The first-order valence-corrected chi connectivity index (χ1v) is 9.42. The molecule has 0 spiro atoms. The molecule has 0 unspecified atom stereocenters. The summed E-state index contributed by atoms with van der Waals surface area (Å²) < 4.78 is 45.7. The standard InChI is InChI=1S/C19H15ClF3N3O4.CH4O/c20-14-5-1-13(2-6-14)18(28)26(9-10-27)11-16-24-17(25-30-16)12-3-7-15(8-4-12)29-19(21,22)23;1-2/h1-8,27H,9-11H2;2H,1H3. The van der Waals surface area contributed by atoms with E-state index in [9.17, 15) is 23.1 Å². The quantitative estimate of drug-likeness (QED) is 0.540. The maximum Gasteiger partial charge on any atom is 0.573 e. The molecule has 172 valence electrons. The number of amides is 1. The summed E-state index contributed by atoms with van der Waals surface area (Å²) in [4.78, 5) is 18.1. The van der Waals surface area contributed by atoms with Crippen LogP contribution in [0.25, 0.3) is 11.4 Å². The van der Waals surface area contributed by atoms with Crippen molar-refractivity contribution in [1.29, 1.82) is 0 Å². The van der Waals surface area contributed by atoms with Crippen molar-refractivity contribution in [3.8, 4) is 17.1 Å². The molecular weight excluding hydrogens is 455 g/mol. The third-order valence-corrected chi connectivity index (χ3v) is 4.14. The van der Waals surface area contributed by atoms with E-state index in [1.807, 2.05) is 0 Å². The number of rotatable bonds is 7. The molecular formula is C20H19ClF3N3O5. The monoisotopic (exact) mass is 473 g/mol. The molecule has 0 aliphatic rings. The molecule has 0 atom stereocenters. The molecule has 1 amide bonds. The minimum absolute atomic E-state index is 0.0304. The molecule has 1 heterocycles. The van der Waals surface area contributed by atoms with Crippen molar-refractivity contribution in [3.05, 3.63) is 65.0 Å². The number of halogens is 4. The van der Waals surface area contributed by atoms with Crippen LogP contribution in [-0.4, -0.2) is 57.8 Å². The molecule has 3 aromatic rings. The van der Waals surface area contributed by atoms with E-state index < -0.39 is 6.36 Å². The molecule has 0 saturated heterocycles. The van der Waals surface area contributed by atoms with Crippen LogP contribution in [-0.2, 0) is 6.54 Å². The Morgan fingerprint density at radius 3 is 2.31 bits per heavy atom. The Kier molecular flexibility index (Phi) is 9.00. The van der Waals surface area contributed by atoms with Gasteiger partial charge in [-0.15, -0.1) is 13.2 Å². The van der Waals surface area contributed by atoms with Crippen LogP contribution in [0.4, 0.5) is 13.2 Å². The fourth-order valence-electron chi connectivity index (χ4n) is 2.55. The van der Waals surface area contributed by atoms with E-state index in [1.54, 1.807) is 24.3 Å². The molecule has 12 heteroatoms. The van der Waals surface area contributed by atoms with Crippen LogP contribution < -0.4 is 4.74 Å². The fourth-order valence-corrected chi connectivity index (χ4v) is 2.68. The molecule has 8 nitrogen and oxygen atoms in total. The van der Waals surface area contributed by atoms with Gasteiger partial charge in [-0.1, -0.05) is 16.8 Å². The summed E-state index contributed by atoms with van der Waals surface area (Å²) in [5.41, 5.74) is 0.769. The lowest BCUT2D eigenvalue weighted by Crippen LogP contribution is -2.33. The maximum absolute atomic E-state index is 12.7. The highest BCUT2D eigenvalue weighted by molar-refractivity contribution is 6.30. The normalized spacial score (nSPS) is 10.8. The van der Waals surface area contributed by atoms with Crippen LogP contribution in [0, 0.1) is 0 Å². The summed E-state index contributed by atoms with van der Waals surface area (Å²) in [6, 6.07) is 11.2. The second-order valence-corrected chi connectivity index (χ2v) is 6.48. The number of hydrogen-bond acceptors (Lipinski definition) is 7. The number of alkyl halides is 3. The van der Waals surface area contributed by atoms with Crippen molar-refractivity contribution in [3.63, 3.8) is 0 Å². The molecule has 32 heavy (non-hydrogen) atoms. The second kappa shape index (κ2) is 11.5. The largest absolute Gasteiger partial charge is 0.573 e. The lowest BCUT2D eigenvalue weighted by Gasteiger charge is -2.19. The number of carbonyl (C=O) groups excluding carboxylic acids is 1. The van der Waals surface area contributed by atoms with Crippen molar-refractivity contribution < 1.29 is 37.4 Å². The van der Waals surface area contributed by atoms with Crippen LogP contribution in [0.2, 0.25) is 5.02 Å². The number of ether oxygens (including phenoxy) is 1. The lowest BCUT2D eigenvalue weighted by molar-refractivity contribution is -0.274. The number of carbonyl (C=O) groups is 1. The van der Waals surface area contributed by atoms with Gasteiger partial charge in [0.1, 0.15) is 12.3 Å². The van der Waals surface area contributed by atoms with Crippen LogP contribution in [0.5, 0.6) is 5.75 Å². The zero-order valence-corrected chi connectivity index (χ0v) is 17.5. The van der Waals surface area contributed by atoms with Gasteiger partial charge >= 0.3 is 6.36 Å². The first-order valence-electron chi connectivity index (χ1n) is 9.04. The Morgan fingerprint density at radius 1 is 1.12 bits per heavy atom. The minimum Gasteiger partial charge on any atom is -0.406 e. The Morgan fingerprint density at radius 2 is 1.75 bits per heavy atom. The van der Waals surface area contributed by atoms with E-state index in [2.05, 4.69) is 14.9 Å². The van der Waals surface area contributed by atoms with Gasteiger partial charge in [0.25, 0.3) is 5.91 Å². The molecule has 0 bridgehead atoms. The van der Waals surface area contributed by atoms with Crippen LogP contribution >= 0.6 is 11.6 Å². The zero-order valence-electron chi connectivity index (χ0n) is 16.7. The van der Waals surface area contributed by atoms with Crippen LogP contribution in [0.15, 0.2) is 53.1 Å². The van der Waals surface area contributed by atoms with Gasteiger partial charge in [0.2, 0.25) is 11.7 Å². The van der Waals surface area contributed by atoms with Gasteiger partial charge in [-0.2, -0.15) is 4.98 Å². The summed E-state index contributed by atoms with van der Waals surface area (Å²) in [6.45, 7) is -0.312. The highest BCUT2D eigenvalue weighted by Crippen LogP contribution is 2.25. The Balaban J connectivity index is 0.00000176. The fraction of sp³-hybridized carbons (Fsp3) is 0.250. The molecule has 2 aromatic carbocycles. The molecule has 0 aliphatic carbocycles. The predicted octanol–water partition coefficient (Wildman–Crippen LogP) is 3.53. The minimum atomic E-state index is -4.78. The third-order valence-electron chi connectivity index (χ3n) is 3.89. The number of benzene rings is 2. The first kappa shape index (κ1) is 25.1. The number of hydrogen-bond donors (Lipinski definition) is 2. The number of aliphatic hydroxyl groups excluding tert-OH is 2. The average Bonchev–Trinajstić information content (AvgIpc) is 3.23. The molecule has 1 aromatic heterocycles. The van der Waals surface area contributed by atoms with Crippen molar-refractivity contribution >= 4 is 17.5 Å². The van der Waals surface area contributed by atoms with Gasteiger partial charge in [0, 0.05) is 29.8 Å². The molecule has 0 saturated carbocycles. The van der Waals surface area contributed by atoms with Gasteiger partial charge in [0.15, 0.2) is 0 Å². The lowest BCUT2D eigenvalue weighted by atomic mass is 10.2. The van der Waals surface area contributed by atoms with Gasteiger partial charge in [-0.3, -0.25) is 4.79 Å². The summed E-state index contributed by atoms with van der Waals surface area (Å²) in [6.07, 6.45) is -4.78. The summed E-state index contributed by atoms with van der Waals surface area (Å²) in [5.74, 6) is -0.519. The molecule has 2 N–H and O–H groups in total. The highest BCUT2D eigenvalue weighted by atomic mass is 35.5. The van der Waals surface area contributed by atoms with Crippen molar-refractivity contribution in [2.45, 2.75) is 12.9 Å². The zero-order chi connectivity index (χ0) is 23.7. The van der Waals surface area contributed by atoms with Gasteiger partial charge < -0.3 is 24.4 Å². The summed E-state index contributed by atoms with van der Waals surface area (Å²) >= 11 is 5.83. The molecule has 0 fully saturated rings. The SMILES string of the molecule is CO.O=C(c1ccc(Cl)cc1)N(CCO)Cc1nc(-c2ccc(OC(F)(F)F)cc2)no1. The number of nitrogens with zero attached hydrogens (tertiary/aromatic N) is 3. The van der Waals surface area contributed by atoms with Crippen molar-refractivity contribution in [2.75, 3.05) is 20.3 Å². The van der Waals surface area contributed by atoms with E-state index >= 15 is 0 Å².